The fourth-order valence-electron chi connectivity index (χ4n) is 3.59. The number of rotatable bonds is 7. The zero-order valence-electron chi connectivity index (χ0n) is 16.0. The fraction of sp³-hybridized carbons (Fsp3) is 0.429. The van der Waals surface area contributed by atoms with Crippen molar-refractivity contribution in [2.24, 2.45) is 0 Å². The number of hydrogen-bond acceptors (Lipinski definition) is 3. The van der Waals surface area contributed by atoms with E-state index in [-0.39, 0.29) is 30.7 Å². The molecule has 0 radical (unpaired) electrons. The lowest BCUT2D eigenvalue weighted by atomic mass is 9.98. The van der Waals surface area contributed by atoms with Gasteiger partial charge in [-0.25, -0.2) is 0 Å². The molecule has 6 heteroatoms. The molecular formula is C21H27N3O3. The summed E-state index contributed by atoms with van der Waals surface area (Å²) >= 11 is 0. The van der Waals surface area contributed by atoms with E-state index in [4.69, 9.17) is 4.74 Å². The third kappa shape index (κ3) is 4.57. The van der Waals surface area contributed by atoms with Crippen molar-refractivity contribution in [3.63, 3.8) is 0 Å². The summed E-state index contributed by atoms with van der Waals surface area (Å²) in [5, 5.41) is 2.76. The Morgan fingerprint density at radius 2 is 2.04 bits per heavy atom. The minimum Gasteiger partial charge on any atom is -0.383 e. The molecule has 0 aliphatic carbocycles. The minimum absolute atomic E-state index is 0.0100. The minimum atomic E-state index is -0.118. The van der Waals surface area contributed by atoms with Gasteiger partial charge >= 0.3 is 0 Å². The summed E-state index contributed by atoms with van der Waals surface area (Å²) < 4.78 is 7.12. The first-order chi connectivity index (χ1) is 13.1. The standard InChI is InChI=1S/C21H27N3O3/c1-16-5-3-6-17(15-16)21-18-7-4-11-23(18)12-13-24(21)20(26)9-8-19(25)22-10-14-27-2/h3-7,11,15,21H,8-10,12-14H2,1-2H3,(H,22,25). The van der Waals surface area contributed by atoms with Gasteiger partial charge < -0.3 is 19.5 Å². The van der Waals surface area contributed by atoms with Crippen LogP contribution < -0.4 is 5.32 Å². The van der Waals surface area contributed by atoms with E-state index in [2.05, 4.69) is 47.3 Å². The van der Waals surface area contributed by atoms with Crippen molar-refractivity contribution in [1.82, 2.24) is 14.8 Å². The predicted molar refractivity (Wildman–Crippen MR) is 103 cm³/mol. The smallest absolute Gasteiger partial charge is 0.223 e. The molecule has 1 aliphatic rings. The average molecular weight is 369 g/mol. The largest absolute Gasteiger partial charge is 0.383 e. The molecule has 27 heavy (non-hydrogen) atoms. The Kier molecular flexibility index (Phi) is 6.29. The van der Waals surface area contributed by atoms with Crippen molar-refractivity contribution in [3.8, 4) is 0 Å². The van der Waals surface area contributed by atoms with E-state index in [1.54, 1.807) is 7.11 Å². The van der Waals surface area contributed by atoms with E-state index in [0.29, 0.717) is 19.7 Å². The Hall–Kier alpha value is -2.60. The van der Waals surface area contributed by atoms with Crippen LogP contribution >= 0.6 is 0 Å². The van der Waals surface area contributed by atoms with Crippen LogP contribution in [0.3, 0.4) is 0 Å². The maximum atomic E-state index is 12.9. The summed E-state index contributed by atoms with van der Waals surface area (Å²) in [6.45, 7) is 4.41. The number of hydrogen-bond donors (Lipinski definition) is 1. The van der Waals surface area contributed by atoms with Gasteiger partial charge in [0.2, 0.25) is 11.8 Å². The van der Waals surface area contributed by atoms with Gasteiger partial charge in [-0.3, -0.25) is 9.59 Å². The molecule has 0 saturated carbocycles. The molecule has 144 valence electrons. The zero-order chi connectivity index (χ0) is 19.2. The van der Waals surface area contributed by atoms with Crippen molar-refractivity contribution in [3.05, 3.63) is 59.4 Å². The molecule has 0 bridgehead atoms. The summed E-state index contributed by atoms with van der Waals surface area (Å²) in [6, 6.07) is 12.3. The lowest BCUT2D eigenvalue weighted by Crippen LogP contribution is -2.42. The Morgan fingerprint density at radius 3 is 2.81 bits per heavy atom. The molecular weight excluding hydrogens is 342 g/mol. The maximum Gasteiger partial charge on any atom is 0.223 e. The van der Waals surface area contributed by atoms with Crippen molar-refractivity contribution in [1.29, 1.82) is 0 Å². The number of nitrogens with zero attached hydrogens (tertiary/aromatic N) is 2. The second-order valence-corrected chi connectivity index (χ2v) is 6.87. The third-order valence-corrected chi connectivity index (χ3v) is 4.91. The molecule has 6 nitrogen and oxygen atoms in total. The highest BCUT2D eigenvalue weighted by Crippen LogP contribution is 2.33. The van der Waals surface area contributed by atoms with Gasteiger partial charge in [0.1, 0.15) is 0 Å². The van der Waals surface area contributed by atoms with Crippen LogP contribution in [0.2, 0.25) is 0 Å². The number of aryl methyl sites for hydroxylation is 1. The van der Waals surface area contributed by atoms with E-state index in [1.165, 1.54) is 5.56 Å². The van der Waals surface area contributed by atoms with Crippen LogP contribution in [0.25, 0.3) is 0 Å². The number of carbonyl (C=O) groups is 2. The highest BCUT2D eigenvalue weighted by molar-refractivity contribution is 5.84. The van der Waals surface area contributed by atoms with Crippen molar-refractivity contribution < 1.29 is 14.3 Å². The summed E-state index contributed by atoms with van der Waals surface area (Å²) in [7, 11) is 1.59. The van der Waals surface area contributed by atoms with Crippen LogP contribution in [-0.4, -0.2) is 48.1 Å². The zero-order valence-corrected chi connectivity index (χ0v) is 16.0. The van der Waals surface area contributed by atoms with Gasteiger partial charge in [-0.05, 0) is 24.6 Å². The number of methoxy groups -OCH3 is 1. The summed E-state index contributed by atoms with van der Waals surface area (Å²) in [4.78, 5) is 26.8. The van der Waals surface area contributed by atoms with E-state index >= 15 is 0 Å². The number of carbonyl (C=O) groups excluding carboxylic acids is 2. The summed E-state index contributed by atoms with van der Waals surface area (Å²) in [5.41, 5.74) is 3.39. The van der Waals surface area contributed by atoms with Gasteiger partial charge in [0.05, 0.1) is 12.6 Å². The Balaban J connectivity index is 1.73. The van der Waals surface area contributed by atoms with Crippen molar-refractivity contribution in [2.75, 3.05) is 26.8 Å². The monoisotopic (exact) mass is 369 g/mol. The molecule has 0 saturated heterocycles. The molecule has 1 aromatic heterocycles. The first-order valence-corrected chi connectivity index (χ1v) is 9.37. The van der Waals surface area contributed by atoms with Crippen LogP contribution in [0.4, 0.5) is 0 Å². The van der Waals surface area contributed by atoms with Gasteiger partial charge in [-0.2, -0.15) is 0 Å². The second-order valence-electron chi connectivity index (χ2n) is 6.87. The van der Waals surface area contributed by atoms with Crippen LogP contribution in [0.15, 0.2) is 42.6 Å². The quantitative estimate of drug-likeness (QED) is 0.762. The van der Waals surface area contributed by atoms with Crippen LogP contribution in [-0.2, 0) is 20.9 Å². The van der Waals surface area contributed by atoms with Gasteiger partial charge in [0, 0.05) is 51.5 Å². The first kappa shape index (κ1) is 19.2. The molecule has 1 unspecified atom stereocenters. The molecule has 1 aliphatic heterocycles. The van der Waals surface area contributed by atoms with Crippen molar-refractivity contribution in [2.45, 2.75) is 32.4 Å². The molecule has 3 rings (SSSR count). The number of amides is 2. The number of fused-ring (bicyclic) bond motifs is 1. The molecule has 0 spiro atoms. The normalized spacial score (nSPS) is 16.1. The number of ether oxygens (including phenoxy) is 1. The van der Waals surface area contributed by atoms with E-state index in [9.17, 15) is 9.59 Å². The van der Waals surface area contributed by atoms with E-state index in [1.807, 2.05) is 17.0 Å². The van der Waals surface area contributed by atoms with Crippen molar-refractivity contribution >= 4 is 11.8 Å². The topological polar surface area (TPSA) is 63.6 Å². The highest BCUT2D eigenvalue weighted by Gasteiger charge is 2.32. The molecule has 1 aromatic carbocycles. The molecule has 0 fully saturated rings. The molecule has 2 aromatic rings. The van der Waals surface area contributed by atoms with Gasteiger partial charge in [-0.1, -0.05) is 29.8 Å². The third-order valence-electron chi connectivity index (χ3n) is 4.91. The number of aromatic nitrogens is 1. The maximum absolute atomic E-state index is 12.9. The van der Waals surface area contributed by atoms with E-state index in [0.717, 1.165) is 17.8 Å². The van der Waals surface area contributed by atoms with Crippen LogP contribution in [0.5, 0.6) is 0 Å². The van der Waals surface area contributed by atoms with Crippen LogP contribution in [0.1, 0.15) is 35.7 Å². The lowest BCUT2D eigenvalue weighted by Gasteiger charge is -2.37. The van der Waals surface area contributed by atoms with Crippen LogP contribution in [0, 0.1) is 6.92 Å². The molecule has 2 heterocycles. The number of benzene rings is 1. The molecule has 1 atom stereocenters. The predicted octanol–water partition coefficient (Wildman–Crippen LogP) is 2.27. The van der Waals surface area contributed by atoms with Gasteiger partial charge in [-0.15, -0.1) is 0 Å². The average Bonchev–Trinajstić information content (AvgIpc) is 3.14. The SMILES string of the molecule is COCCNC(=O)CCC(=O)N1CCn2cccc2C1c1cccc(C)c1. The Morgan fingerprint density at radius 1 is 1.19 bits per heavy atom. The first-order valence-electron chi connectivity index (χ1n) is 9.37. The second kappa shape index (κ2) is 8.86. The lowest BCUT2D eigenvalue weighted by molar-refractivity contribution is -0.136. The Bertz CT molecular complexity index is 799. The van der Waals surface area contributed by atoms with Gasteiger partial charge in [0.25, 0.3) is 0 Å². The summed E-state index contributed by atoms with van der Waals surface area (Å²) in [5.74, 6) is -0.108. The molecule has 1 N–H and O–H groups in total. The Labute approximate surface area is 160 Å². The van der Waals surface area contributed by atoms with Gasteiger partial charge in [0.15, 0.2) is 0 Å². The number of nitrogens with one attached hydrogen (secondary N) is 1. The summed E-state index contributed by atoms with van der Waals surface area (Å²) in [6.07, 6.45) is 2.46. The fourth-order valence-corrected chi connectivity index (χ4v) is 3.59. The highest BCUT2D eigenvalue weighted by atomic mass is 16.5. The van der Waals surface area contributed by atoms with E-state index < -0.39 is 0 Å². The molecule has 2 amide bonds.